The second-order valence-electron chi connectivity index (χ2n) is 4.73. The van der Waals surface area contributed by atoms with Gasteiger partial charge < -0.3 is 9.84 Å². The largest absolute Gasteiger partial charge is 0.360 e. The Labute approximate surface area is 123 Å². The first-order valence-electron chi connectivity index (χ1n) is 6.35. The van der Waals surface area contributed by atoms with Gasteiger partial charge in [-0.1, -0.05) is 11.2 Å². The molecule has 2 aromatic rings. The average Bonchev–Trinajstić information content (AvgIpc) is 2.97. The number of nitrogens with one attached hydrogen (secondary N) is 1. The summed E-state index contributed by atoms with van der Waals surface area (Å²) in [6, 6.07) is 5.25. The van der Waals surface area contributed by atoms with Crippen molar-refractivity contribution in [2.24, 2.45) is 0 Å². The van der Waals surface area contributed by atoms with E-state index in [2.05, 4.69) is 10.5 Å². The van der Waals surface area contributed by atoms with Gasteiger partial charge in [0.05, 0.1) is 11.1 Å². The van der Waals surface area contributed by atoms with Gasteiger partial charge in [0, 0.05) is 6.07 Å². The number of hydrogen-bond donors (Lipinski definition) is 1. The minimum atomic E-state index is -0.829. The highest BCUT2D eigenvalue weighted by Crippen LogP contribution is 2.25. The number of aryl methyl sites for hydroxylation is 1. The van der Waals surface area contributed by atoms with Gasteiger partial charge in [0.15, 0.2) is 5.82 Å². The molecule has 0 spiro atoms. The SMILES string of the molecule is Cc1cc(NC(=O)CN2C(=O)c3cccc(F)c3C2=O)no1. The fourth-order valence-electron chi connectivity index (χ4n) is 2.19. The molecule has 0 fully saturated rings. The Morgan fingerprint density at radius 1 is 1.36 bits per heavy atom. The van der Waals surface area contributed by atoms with E-state index in [1.165, 1.54) is 18.2 Å². The van der Waals surface area contributed by atoms with Gasteiger partial charge in [-0.25, -0.2) is 4.39 Å². The first-order chi connectivity index (χ1) is 10.5. The fraction of sp³-hybridized carbons (Fsp3) is 0.143. The lowest BCUT2D eigenvalue weighted by Crippen LogP contribution is -2.37. The molecule has 1 aliphatic rings. The topological polar surface area (TPSA) is 92.5 Å². The highest BCUT2D eigenvalue weighted by molar-refractivity contribution is 6.22. The first kappa shape index (κ1) is 13.9. The zero-order valence-electron chi connectivity index (χ0n) is 11.4. The van der Waals surface area contributed by atoms with Crippen molar-refractivity contribution in [3.8, 4) is 0 Å². The Morgan fingerprint density at radius 3 is 2.77 bits per heavy atom. The predicted octanol–water partition coefficient (Wildman–Crippen LogP) is 1.36. The highest BCUT2D eigenvalue weighted by Gasteiger charge is 2.38. The molecule has 3 rings (SSSR count). The minimum absolute atomic E-state index is 0.0462. The molecule has 8 heteroatoms. The molecule has 0 bridgehead atoms. The Balaban J connectivity index is 1.77. The van der Waals surface area contributed by atoms with Gasteiger partial charge in [-0.2, -0.15) is 0 Å². The lowest BCUT2D eigenvalue weighted by molar-refractivity contribution is -0.116. The van der Waals surface area contributed by atoms with Crippen molar-refractivity contribution in [1.29, 1.82) is 0 Å². The van der Waals surface area contributed by atoms with Gasteiger partial charge in [-0.3, -0.25) is 19.3 Å². The van der Waals surface area contributed by atoms with Crippen LogP contribution in [0.5, 0.6) is 0 Å². The number of rotatable bonds is 3. The van der Waals surface area contributed by atoms with Crippen molar-refractivity contribution in [3.05, 3.63) is 47.0 Å². The van der Waals surface area contributed by atoms with E-state index in [0.717, 1.165) is 6.07 Å². The molecule has 1 aromatic heterocycles. The molecular weight excluding hydrogens is 293 g/mol. The summed E-state index contributed by atoms with van der Waals surface area (Å²) < 4.78 is 18.4. The van der Waals surface area contributed by atoms with E-state index in [1.54, 1.807) is 6.92 Å². The molecule has 1 N–H and O–H groups in total. The molecule has 3 amide bonds. The molecule has 22 heavy (non-hydrogen) atoms. The molecule has 0 aliphatic carbocycles. The lowest BCUT2D eigenvalue weighted by atomic mass is 10.1. The van der Waals surface area contributed by atoms with Crippen LogP contribution >= 0.6 is 0 Å². The van der Waals surface area contributed by atoms with Crippen LogP contribution in [-0.4, -0.2) is 34.3 Å². The van der Waals surface area contributed by atoms with Gasteiger partial charge in [-0.15, -0.1) is 0 Å². The van der Waals surface area contributed by atoms with Crippen molar-refractivity contribution in [2.45, 2.75) is 6.92 Å². The molecule has 112 valence electrons. The number of aromatic nitrogens is 1. The third-order valence-corrected chi connectivity index (χ3v) is 3.15. The number of anilines is 1. The van der Waals surface area contributed by atoms with Gasteiger partial charge in [0.25, 0.3) is 11.8 Å². The van der Waals surface area contributed by atoms with E-state index < -0.39 is 30.1 Å². The average molecular weight is 303 g/mol. The van der Waals surface area contributed by atoms with Crippen LogP contribution in [-0.2, 0) is 4.79 Å². The van der Waals surface area contributed by atoms with Crippen LogP contribution in [0.4, 0.5) is 10.2 Å². The number of fused-ring (bicyclic) bond motifs is 1. The second-order valence-corrected chi connectivity index (χ2v) is 4.73. The number of amides is 3. The van der Waals surface area contributed by atoms with Crippen molar-refractivity contribution < 1.29 is 23.3 Å². The maximum Gasteiger partial charge on any atom is 0.265 e. The van der Waals surface area contributed by atoms with Crippen LogP contribution in [0.25, 0.3) is 0 Å². The van der Waals surface area contributed by atoms with E-state index in [4.69, 9.17) is 4.52 Å². The smallest absolute Gasteiger partial charge is 0.265 e. The number of carbonyl (C=O) groups is 3. The molecule has 1 aromatic carbocycles. The van der Waals surface area contributed by atoms with E-state index >= 15 is 0 Å². The summed E-state index contributed by atoms with van der Waals surface area (Å²) in [7, 11) is 0. The summed E-state index contributed by atoms with van der Waals surface area (Å²) in [4.78, 5) is 36.7. The standard InChI is InChI=1S/C14H10FN3O4/c1-7-5-10(17-22-7)16-11(19)6-18-13(20)8-3-2-4-9(15)12(8)14(18)21/h2-5H,6H2,1H3,(H,16,17,19). The molecule has 7 nitrogen and oxygen atoms in total. The monoisotopic (exact) mass is 303 g/mol. The van der Waals surface area contributed by atoms with E-state index in [1.807, 2.05) is 0 Å². The number of nitrogens with zero attached hydrogens (tertiary/aromatic N) is 2. The van der Waals surface area contributed by atoms with Crippen molar-refractivity contribution in [2.75, 3.05) is 11.9 Å². The molecule has 0 radical (unpaired) electrons. The summed E-state index contributed by atoms with van der Waals surface area (Å²) in [6.07, 6.45) is 0. The quantitative estimate of drug-likeness (QED) is 0.864. The van der Waals surface area contributed by atoms with Gasteiger partial charge in [-0.05, 0) is 19.1 Å². The minimum Gasteiger partial charge on any atom is -0.360 e. The fourth-order valence-corrected chi connectivity index (χ4v) is 2.19. The van der Waals surface area contributed by atoms with Crippen LogP contribution in [0.15, 0.2) is 28.8 Å². The van der Waals surface area contributed by atoms with Crippen LogP contribution < -0.4 is 5.32 Å². The predicted molar refractivity (Wildman–Crippen MR) is 71.6 cm³/mol. The summed E-state index contributed by atoms with van der Waals surface area (Å²) in [5, 5.41) is 5.96. The molecule has 0 saturated heterocycles. The van der Waals surface area contributed by atoms with Crippen LogP contribution in [0.1, 0.15) is 26.5 Å². The number of benzene rings is 1. The Morgan fingerprint density at radius 2 is 2.14 bits per heavy atom. The lowest BCUT2D eigenvalue weighted by Gasteiger charge is -2.12. The number of imide groups is 1. The highest BCUT2D eigenvalue weighted by atomic mass is 19.1. The van der Waals surface area contributed by atoms with E-state index in [0.29, 0.717) is 10.7 Å². The zero-order valence-corrected chi connectivity index (χ0v) is 11.4. The number of hydrogen-bond acceptors (Lipinski definition) is 5. The molecular formula is C14H10FN3O4. The molecule has 0 atom stereocenters. The van der Waals surface area contributed by atoms with Crippen LogP contribution in [0, 0.1) is 12.7 Å². The maximum atomic E-state index is 13.7. The number of carbonyl (C=O) groups excluding carboxylic acids is 3. The molecule has 0 unspecified atom stereocenters. The number of halogens is 1. The second kappa shape index (κ2) is 5.06. The molecule has 1 aliphatic heterocycles. The normalized spacial score (nSPS) is 13.5. The zero-order chi connectivity index (χ0) is 15.9. The first-order valence-corrected chi connectivity index (χ1v) is 6.35. The van der Waals surface area contributed by atoms with Gasteiger partial charge in [0.2, 0.25) is 5.91 Å². The van der Waals surface area contributed by atoms with Gasteiger partial charge >= 0.3 is 0 Å². The third-order valence-electron chi connectivity index (χ3n) is 3.15. The van der Waals surface area contributed by atoms with Crippen molar-refractivity contribution in [1.82, 2.24) is 10.1 Å². The van der Waals surface area contributed by atoms with E-state index in [9.17, 15) is 18.8 Å². The Hall–Kier alpha value is -3.03. The Bertz CT molecular complexity index is 799. The van der Waals surface area contributed by atoms with Crippen molar-refractivity contribution >= 4 is 23.5 Å². The maximum absolute atomic E-state index is 13.7. The summed E-state index contributed by atoms with van der Waals surface area (Å²) in [5.41, 5.74) is -0.354. The van der Waals surface area contributed by atoms with Crippen molar-refractivity contribution in [3.63, 3.8) is 0 Å². The third kappa shape index (κ3) is 2.24. The summed E-state index contributed by atoms with van der Waals surface area (Å²) >= 11 is 0. The van der Waals surface area contributed by atoms with Gasteiger partial charge in [0.1, 0.15) is 18.1 Å². The molecule has 0 saturated carbocycles. The summed E-state index contributed by atoms with van der Waals surface area (Å²) in [5.74, 6) is -2.28. The summed E-state index contributed by atoms with van der Waals surface area (Å²) in [6.45, 7) is 1.12. The Kier molecular flexibility index (Phi) is 3.21. The molecule has 2 heterocycles. The van der Waals surface area contributed by atoms with Crippen LogP contribution in [0.2, 0.25) is 0 Å². The van der Waals surface area contributed by atoms with E-state index in [-0.39, 0.29) is 16.9 Å². The van der Waals surface area contributed by atoms with Crippen LogP contribution in [0.3, 0.4) is 0 Å².